The number of rotatable bonds is 8. The number of aromatic carboxylic acids is 1. The molecule has 0 amide bonds. The van der Waals surface area contributed by atoms with Gasteiger partial charge in [-0.3, -0.25) is 0 Å². The Morgan fingerprint density at radius 2 is 1.84 bits per heavy atom. The maximum Gasteiger partial charge on any atom is 0.337 e. The van der Waals surface area contributed by atoms with Crippen molar-refractivity contribution >= 4 is 11.7 Å². The van der Waals surface area contributed by atoms with Crippen molar-refractivity contribution in [2.75, 3.05) is 26.1 Å². The first-order valence-corrected chi connectivity index (χ1v) is 6.37. The van der Waals surface area contributed by atoms with Gasteiger partial charge in [-0.15, -0.1) is 0 Å². The molecule has 106 valence electrons. The molecule has 0 radical (unpaired) electrons. The second-order valence-corrected chi connectivity index (χ2v) is 4.19. The van der Waals surface area contributed by atoms with Crippen LogP contribution in [0.4, 0.5) is 5.69 Å². The Labute approximate surface area is 113 Å². The SMILES string of the molecule is CCCCCNc1cc(OC)c(OC)cc1C(=O)O. The number of carboxylic acids is 1. The summed E-state index contributed by atoms with van der Waals surface area (Å²) in [5.41, 5.74) is 0.746. The van der Waals surface area contributed by atoms with Crippen LogP contribution in [0, 0.1) is 0 Å². The molecule has 0 saturated heterocycles. The standard InChI is InChI=1S/C14H21NO4/c1-4-5-6-7-15-11-9-13(19-3)12(18-2)8-10(11)14(16)17/h8-9,15H,4-7H2,1-3H3,(H,16,17). The predicted molar refractivity (Wildman–Crippen MR) is 74.5 cm³/mol. The molecular weight excluding hydrogens is 246 g/mol. The van der Waals surface area contributed by atoms with Gasteiger partial charge in [0.2, 0.25) is 0 Å². The van der Waals surface area contributed by atoms with Crippen molar-refractivity contribution in [3.8, 4) is 11.5 Å². The molecule has 5 heteroatoms. The highest BCUT2D eigenvalue weighted by molar-refractivity contribution is 5.95. The third kappa shape index (κ3) is 4.05. The van der Waals surface area contributed by atoms with Gasteiger partial charge in [-0.05, 0) is 6.42 Å². The zero-order chi connectivity index (χ0) is 14.3. The van der Waals surface area contributed by atoms with Crippen LogP contribution in [0.15, 0.2) is 12.1 Å². The van der Waals surface area contributed by atoms with Crippen molar-refractivity contribution in [3.05, 3.63) is 17.7 Å². The summed E-state index contributed by atoms with van der Waals surface area (Å²) in [4.78, 5) is 11.2. The van der Waals surface area contributed by atoms with Gasteiger partial charge in [0.1, 0.15) is 0 Å². The Morgan fingerprint density at radius 3 is 2.37 bits per heavy atom. The van der Waals surface area contributed by atoms with Crippen LogP contribution in [0.1, 0.15) is 36.5 Å². The quantitative estimate of drug-likeness (QED) is 0.709. The maximum absolute atomic E-state index is 11.2. The first-order chi connectivity index (χ1) is 9.13. The van der Waals surface area contributed by atoms with E-state index < -0.39 is 5.97 Å². The molecule has 0 aromatic heterocycles. The second kappa shape index (κ2) is 7.51. The molecule has 1 aromatic rings. The number of carbonyl (C=O) groups is 1. The fourth-order valence-corrected chi connectivity index (χ4v) is 1.80. The minimum Gasteiger partial charge on any atom is -0.493 e. The van der Waals surface area contributed by atoms with Crippen molar-refractivity contribution in [3.63, 3.8) is 0 Å². The van der Waals surface area contributed by atoms with Gasteiger partial charge in [0, 0.05) is 18.7 Å². The minimum atomic E-state index is -0.987. The topological polar surface area (TPSA) is 67.8 Å². The molecule has 5 nitrogen and oxygen atoms in total. The Morgan fingerprint density at radius 1 is 1.21 bits per heavy atom. The van der Waals surface area contributed by atoms with Gasteiger partial charge in [0.15, 0.2) is 11.5 Å². The van der Waals surface area contributed by atoms with Crippen LogP contribution < -0.4 is 14.8 Å². The van der Waals surface area contributed by atoms with Gasteiger partial charge in [0.25, 0.3) is 0 Å². The number of hydrogen-bond donors (Lipinski definition) is 2. The van der Waals surface area contributed by atoms with E-state index in [1.54, 1.807) is 6.07 Å². The number of anilines is 1. The number of carboxylic acid groups (broad SMARTS) is 1. The summed E-state index contributed by atoms with van der Waals surface area (Å²) in [6.07, 6.45) is 3.24. The van der Waals surface area contributed by atoms with Crippen LogP contribution in [0.25, 0.3) is 0 Å². The third-order valence-electron chi connectivity index (χ3n) is 2.85. The fourth-order valence-electron chi connectivity index (χ4n) is 1.80. The normalized spacial score (nSPS) is 10.1. The van der Waals surface area contributed by atoms with Crippen molar-refractivity contribution in [2.45, 2.75) is 26.2 Å². The third-order valence-corrected chi connectivity index (χ3v) is 2.85. The molecular formula is C14H21NO4. The lowest BCUT2D eigenvalue weighted by Gasteiger charge is -2.14. The summed E-state index contributed by atoms with van der Waals surface area (Å²) < 4.78 is 10.3. The largest absolute Gasteiger partial charge is 0.493 e. The van der Waals surface area contributed by atoms with E-state index in [-0.39, 0.29) is 5.56 Å². The van der Waals surface area contributed by atoms with E-state index >= 15 is 0 Å². The number of nitrogens with one attached hydrogen (secondary N) is 1. The van der Waals surface area contributed by atoms with Crippen LogP contribution in [0.5, 0.6) is 11.5 Å². The number of methoxy groups -OCH3 is 2. The van der Waals surface area contributed by atoms with Crippen molar-refractivity contribution in [1.29, 1.82) is 0 Å². The highest BCUT2D eigenvalue weighted by Crippen LogP contribution is 2.33. The molecule has 1 aromatic carbocycles. The highest BCUT2D eigenvalue weighted by atomic mass is 16.5. The lowest BCUT2D eigenvalue weighted by molar-refractivity contribution is 0.0697. The molecule has 0 atom stereocenters. The number of benzene rings is 1. The van der Waals surface area contributed by atoms with Gasteiger partial charge in [-0.1, -0.05) is 19.8 Å². The molecule has 19 heavy (non-hydrogen) atoms. The van der Waals surface area contributed by atoms with Gasteiger partial charge < -0.3 is 19.9 Å². The van der Waals surface area contributed by atoms with E-state index in [4.69, 9.17) is 9.47 Å². The first kappa shape index (κ1) is 15.1. The molecule has 0 aliphatic heterocycles. The molecule has 0 spiro atoms. The van der Waals surface area contributed by atoms with Gasteiger partial charge in [-0.25, -0.2) is 4.79 Å². The van der Waals surface area contributed by atoms with Crippen LogP contribution in [-0.4, -0.2) is 31.8 Å². The van der Waals surface area contributed by atoms with E-state index in [0.29, 0.717) is 17.2 Å². The summed E-state index contributed by atoms with van der Waals surface area (Å²) in [6.45, 7) is 2.86. The van der Waals surface area contributed by atoms with Crippen LogP contribution in [0.2, 0.25) is 0 Å². The van der Waals surface area contributed by atoms with Gasteiger partial charge in [0.05, 0.1) is 25.5 Å². The Kier molecular flexibility index (Phi) is 5.99. The average Bonchev–Trinajstić information content (AvgIpc) is 2.42. The summed E-state index contributed by atoms with van der Waals surface area (Å²) in [6, 6.07) is 3.14. The number of unbranched alkanes of at least 4 members (excludes halogenated alkanes) is 2. The summed E-state index contributed by atoms with van der Waals surface area (Å²) in [5, 5.41) is 12.4. The van der Waals surface area contributed by atoms with Crippen molar-refractivity contribution in [1.82, 2.24) is 0 Å². The lowest BCUT2D eigenvalue weighted by atomic mass is 10.1. The van der Waals surface area contributed by atoms with E-state index in [1.165, 1.54) is 20.3 Å². The monoisotopic (exact) mass is 267 g/mol. The zero-order valence-electron chi connectivity index (χ0n) is 11.7. The highest BCUT2D eigenvalue weighted by Gasteiger charge is 2.15. The van der Waals surface area contributed by atoms with E-state index in [2.05, 4.69) is 12.2 Å². The summed E-state index contributed by atoms with van der Waals surface area (Å²) >= 11 is 0. The van der Waals surface area contributed by atoms with E-state index in [1.807, 2.05) is 0 Å². The second-order valence-electron chi connectivity index (χ2n) is 4.19. The Bertz CT molecular complexity index is 432. The minimum absolute atomic E-state index is 0.189. The molecule has 0 unspecified atom stereocenters. The maximum atomic E-state index is 11.2. The van der Waals surface area contributed by atoms with Crippen molar-refractivity contribution < 1.29 is 19.4 Å². The van der Waals surface area contributed by atoms with Crippen molar-refractivity contribution in [2.24, 2.45) is 0 Å². The molecule has 0 fully saturated rings. The molecule has 0 heterocycles. The summed E-state index contributed by atoms with van der Waals surface area (Å²) in [7, 11) is 3.01. The van der Waals surface area contributed by atoms with E-state index in [9.17, 15) is 9.90 Å². The smallest absolute Gasteiger partial charge is 0.337 e. The summed E-state index contributed by atoms with van der Waals surface area (Å²) in [5.74, 6) is -0.0524. The van der Waals surface area contributed by atoms with Crippen LogP contribution in [-0.2, 0) is 0 Å². The zero-order valence-corrected chi connectivity index (χ0v) is 11.7. The molecule has 0 aliphatic rings. The molecule has 1 rings (SSSR count). The Hall–Kier alpha value is -1.91. The Balaban J connectivity index is 2.96. The number of hydrogen-bond acceptors (Lipinski definition) is 4. The lowest BCUT2D eigenvalue weighted by Crippen LogP contribution is -2.08. The fraction of sp³-hybridized carbons (Fsp3) is 0.500. The predicted octanol–water partition coefficient (Wildman–Crippen LogP) is 3.00. The van der Waals surface area contributed by atoms with Gasteiger partial charge >= 0.3 is 5.97 Å². The first-order valence-electron chi connectivity index (χ1n) is 6.37. The van der Waals surface area contributed by atoms with Crippen LogP contribution >= 0.6 is 0 Å². The molecule has 0 saturated carbocycles. The molecule has 0 bridgehead atoms. The average molecular weight is 267 g/mol. The van der Waals surface area contributed by atoms with Crippen LogP contribution in [0.3, 0.4) is 0 Å². The molecule has 0 aliphatic carbocycles. The number of ether oxygens (including phenoxy) is 2. The van der Waals surface area contributed by atoms with E-state index in [0.717, 1.165) is 25.8 Å². The molecule has 2 N–H and O–H groups in total. The van der Waals surface area contributed by atoms with Gasteiger partial charge in [-0.2, -0.15) is 0 Å².